The Morgan fingerprint density at radius 3 is 2.64 bits per heavy atom. The molecule has 0 bridgehead atoms. The molecule has 0 unspecified atom stereocenters. The molecular formula is C23H28N2O2S. The Morgan fingerprint density at radius 2 is 1.93 bits per heavy atom. The molecule has 1 N–H and O–H groups in total. The first-order valence-corrected chi connectivity index (χ1v) is 11.0. The van der Waals surface area contributed by atoms with Gasteiger partial charge in [-0.25, -0.2) is 0 Å². The monoisotopic (exact) mass is 396 g/mol. The molecule has 4 rings (SSSR count). The van der Waals surface area contributed by atoms with Crippen LogP contribution in [0.5, 0.6) is 0 Å². The molecule has 0 radical (unpaired) electrons. The number of amides is 1. The number of rotatable bonds is 5. The van der Waals surface area contributed by atoms with E-state index in [-0.39, 0.29) is 11.9 Å². The maximum Gasteiger partial charge on any atom is 0.287 e. The molecule has 3 heterocycles. The molecule has 1 aromatic carbocycles. The molecule has 28 heavy (non-hydrogen) atoms. The highest BCUT2D eigenvalue weighted by Crippen LogP contribution is 2.30. The lowest BCUT2D eigenvalue weighted by atomic mass is 10.0. The highest BCUT2D eigenvalue weighted by Gasteiger charge is 2.25. The van der Waals surface area contributed by atoms with Crippen molar-refractivity contribution in [2.45, 2.75) is 46.1 Å². The Hall–Kier alpha value is -2.11. The number of furan rings is 1. The van der Waals surface area contributed by atoms with Gasteiger partial charge < -0.3 is 9.73 Å². The molecule has 0 spiro atoms. The van der Waals surface area contributed by atoms with E-state index in [1.807, 2.05) is 13.8 Å². The van der Waals surface area contributed by atoms with Gasteiger partial charge in [-0.3, -0.25) is 9.69 Å². The molecular weight excluding hydrogens is 368 g/mol. The average Bonchev–Trinajstić information content (AvgIpc) is 3.35. The van der Waals surface area contributed by atoms with Crippen LogP contribution in [0.25, 0.3) is 11.0 Å². The zero-order chi connectivity index (χ0) is 19.7. The van der Waals surface area contributed by atoms with Gasteiger partial charge in [0.05, 0.1) is 6.04 Å². The van der Waals surface area contributed by atoms with Crippen molar-refractivity contribution in [3.63, 3.8) is 0 Å². The van der Waals surface area contributed by atoms with E-state index in [1.54, 1.807) is 11.3 Å². The van der Waals surface area contributed by atoms with Crippen molar-refractivity contribution >= 4 is 28.2 Å². The summed E-state index contributed by atoms with van der Waals surface area (Å²) in [4.78, 5) is 16.8. The van der Waals surface area contributed by atoms with Crippen LogP contribution in [-0.2, 0) is 0 Å². The smallest absolute Gasteiger partial charge is 0.287 e. The largest absolute Gasteiger partial charge is 0.450 e. The molecule has 148 valence electrons. The number of thiophene rings is 1. The molecule has 2 aromatic heterocycles. The number of nitrogens with zero attached hydrogens (tertiary/aromatic N) is 1. The summed E-state index contributed by atoms with van der Waals surface area (Å²) >= 11 is 1.77. The number of aryl methyl sites for hydroxylation is 3. The second kappa shape index (κ2) is 8.10. The van der Waals surface area contributed by atoms with Crippen molar-refractivity contribution in [3.05, 3.63) is 57.0 Å². The Morgan fingerprint density at radius 1 is 1.14 bits per heavy atom. The van der Waals surface area contributed by atoms with Crippen molar-refractivity contribution < 1.29 is 9.21 Å². The zero-order valence-corrected chi connectivity index (χ0v) is 17.7. The quantitative estimate of drug-likeness (QED) is 0.630. The first-order chi connectivity index (χ1) is 13.6. The van der Waals surface area contributed by atoms with Crippen LogP contribution in [0.3, 0.4) is 0 Å². The van der Waals surface area contributed by atoms with E-state index >= 15 is 0 Å². The van der Waals surface area contributed by atoms with Crippen LogP contribution in [0.4, 0.5) is 0 Å². The third-order valence-electron chi connectivity index (χ3n) is 5.99. The Labute approximate surface area is 170 Å². The van der Waals surface area contributed by atoms with E-state index in [0.29, 0.717) is 12.3 Å². The molecule has 3 aromatic rings. The maximum atomic E-state index is 13.0. The summed E-state index contributed by atoms with van der Waals surface area (Å²) in [6, 6.07) is 8.64. The fourth-order valence-electron chi connectivity index (χ4n) is 4.12. The highest BCUT2D eigenvalue weighted by molar-refractivity contribution is 7.10. The van der Waals surface area contributed by atoms with E-state index in [9.17, 15) is 4.79 Å². The number of hydrogen-bond acceptors (Lipinski definition) is 4. The van der Waals surface area contributed by atoms with Gasteiger partial charge in [-0.15, -0.1) is 11.3 Å². The molecule has 1 atom stereocenters. The minimum atomic E-state index is -0.121. The van der Waals surface area contributed by atoms with Crippen LogP contribution in [-0.4, -0.2) is 30.4 Å². The van der Waals surface area contributed by atoms with Crippen LogP contribution in [0.2, 0.25) is 0 Å². The predicted octanol–water partition coefficient (Wildman–Crippen LogP) is 5.38. The van der Waals surface area contributed by atoms with Crippen LogP contribution in [0.15, 0.2) is 34.1 Å². The summed E-state index contributed by atoms with van der Waals surface area (Å²) in [6.07, 6.45) is 3.77. The normalized spacial score (nSPS) is 16.4. The van der Waals surface area contributed by atoms with E-state index in [1.165, 1.54) is 29.7 Å². The summed E-state index contributed by atoms with van der Waals surface area (Å²) < 4.78 is 6.02. The van der Waals surface area contributed by atoms with Gasteiger partial charge in [0.2, 0.25) is 0 Å². The second-order valence-electron chi connectivity index (χ2n) is 7.78. The molecule has 1 aliphatic heterocycles. The van der Waals surface area contributed by atoms with Crippen LogP contribution in [0.1, 0.15) is 57.4 Å². The summed E-state index contributed by atoms with van der Waals surface area (Å²) in [6.45, 7) is 8.88. The SMILES string of the molecule is Cc1ccc2c(C)c(C(=O)NC[C@@H](c3cccs3)N3CCCCC3)oc2c1C. The molecule has 1 saturated heterocycles. The summed E-state index contributed by atoms with van der Waals surface area (Å²) in [5.41, 5.74) is 4.02. The van der Waals surface area contributed by atoms with E-state index in [0.717, 1.165) is 35.2 Å². The van der Waals surface area contributed by atoms with Crippen molar-refractivity contribution in [1.82, 2.24) is 10.2 Å². The van der Waals surface area contributed by atoms with Crippen LogP contribution in [0, 0.1) is 20.8 Å². The number of piperidine rings is 1. The number of fused-ring (bicyclic) bond motifs is 1. The standard InChI is InChI=1S/C23H28N2O2S/c1-15-9-10-18-17(3)22(27-21(18)16(15)2)23(26)24-14-19(20-8-7-13-28-20)25-11-5-4-6-12-25/h7-10,13,19H,4-6,11-12,14H2,1-3H3,(H,24,26)/t19-/m0/s1. The third-order valence-corrected chi connectivity index (χ3v) is 6.96. The zero-order valence-electron chi connectivity index (χ0n) is 16.9. The number of likely N-dealkylation sites (tertiary alicyclic amines) is 1. The summed E-state index contributed by atoms with van der Waals surface area (Å²) in [5, 5.41) is 6.29. The third kappa shape index (κ3) is 3.61. The minimum Gasteiger partial charge on any atom is -0.450 e. The van der Waals surface area contributed by atoms with Gasteiger partial charge in [0.15, 0.2) is 5.76 Å². The fraction of sp³-hybridized carbons (Fsp3) is 0.435. The second-order valence-corrected chi connectivity index (χ2v) is 8.76. The molecule has 0 saturated carbocycles. The first kappa shape index (κ1) is 19.2. The molecule has 1 amide bonds. The number of carbonyl (C=O) groups is 1. The van der Waals surface area contributed by atoms with E-state index in [4.69, 9.17) is 4.42 Å². The lowest BCUT2D eigenvalue weighted by Crippen LogP contribution is -2.40. The van der Waals surface area contributed by atoms with Crippen molar-refractivity contribution in [3.8, 4) is 0 Å². The summed E-state index contributed by atoms with van der Waals surface area (Å²) in [5.74, 6) is 0.316. The Balaban J connectivity index is 1.55. The molecule has 0 aliphatic carbocycles. The minimum absolute atomic E-state index is 0.121. The highest BCUT2D eigenvalue weighted by atomic mass is 32.1. The fourth-order valence-corrected chi connectivity index (χ4v) is 4.99. The molecule has 4 nitrogen and oxygen atoms in total. The lowest BCUT2D eigenvalue weighted by Gasteiger charge is -2.34. The maximum absolute atomic E-state index is 13.0. The molecule has 1 fully saturated rings. The van der Waals surface area contributed by atoms with Gasteiger partial charge in [-0.05, 0) is 69.3 Å². The van der Waals surface area contributed by atoms with Crippen molar-refractivity contribution in [1.29, 1.82) is 0 Å². The van der Waals surface area contributed by atoms with Gasteiger partial charge in [0, 0.05) is 22.4 Å². The van der Waals surface area contributed by atoms with Crippen molar-refractivity contribution in [2.24, 2.45) is 0 Å². The predicted molar refractivity (Wildman–Crippen MR) is 115 cm³/mol. The molecule has 1 aliphatic rings. The van der Waals surface area contributed by atoms with Crippen molar-refractivity contribution in [2.75, 3.05) is 19.6 Å². The number of hydrogen-bond donors (Lipinski definition) is 1. The van der Waals surface area contributed by atoms with Crippen LogP contribution >= 0.6 is 11.3 Å². The lowest BCUT2D eigenvalue weighted by molar-refractivity contribution is 0.0899. The van der Waals surface area contributed by atoms with Gasteiger partial charge in [0.25, 0.3) is 5.91 Å². The first-order valence-electron chi connectivity index (χ1n) is 10.1. The van der Waals surface area contributed by atoms with Gasteiger partial charge in [0.1, 0.15) is 5.58 Å². The summed E-state index contributed by atoms with van der Waals surface area (Å²) in [7, 11) is 0. The van der Waals surface area contributed by atoms with Gasteiger partial charge >= 0.3 is 0 Å². The Bertz CT molecular complexity index is 968. The van der Waals surface area contributed by atoms with E-state index < -0.39 is 0 Å². The Kier molecular flexibility index (Phi) is 5.56. The number of carbonyl (C=O) groups excluding carboxylic acids is 1. The van der Waals surface area contributed by atoms with Gasteiger partial charge in [-0.2, -0.15) is 0 Å². The number of nitrogens with one attached hydrogen (secondary N) is 1. The average molecular weight is 397 g/mol. The number of benzene rings is 1. The topological polar surface area (TPSA) is 45.5 Å². The van der Waals surface area contributed by atoms with Gasteiger partial charge in [-0.1, -0.05) is 24.6 Å². The van der Waals surface area contributed by atoms with E-state index in [2.05, 4.69) is 46.8 Å². The molecule has 5 heteroatoms. The van der Waals surface area contributed by atoms with Crippen LogP contribution < -0.4 is 5.32 Å².